The Hall–Kier alpha value is -2.89. The first-order valence-electron chi connectivity index (χ1n) is 7.96. The molecule has 2 amide bonds. The molecule has 2 aliphatic rings. The average Bonchev–Trinajstić information content (AvgIpc) is 2.61. The number of urea groups is 1. The number of hydrogen-bond acceptors (Lipinski definition) is 4. The minimum Gasteiger partial charge on any atom is -0.491 e. The third kappa shape index (κ3) is 3.08. The Bertz CT molecular complexity index is 762. The van der Waals surface area contributed by atoms with E-state index < -0.39 is 0 Å². The van der Waals surface area contributed by atoms with E-state index in [1.807, 2.05) is 24.3 Å². The summed E-state index contributed by atoms with van der Waals surface area (Å²) in [7, 11) is 0. The first kappa shape index (κ1) is 14.7. The van der Waals surface area contributed by atoms with Gasteiger partial charge in [-0.15, -0.1) is 0 Å². The lowest BCUT2D eigenvalue weighted by molar-refractivity contribution is 0.171. The van der Waals surface area contributed by atoms with Gasteiger partial charge in [-0.3, -0.25) is 0 Å². The summed E-state index contributed by atoms with van der Waals surface area (Å²) in [4.78, 5) is 12.2. The molecule has 2 aliphatic heterocycles. The van der Waals surface area contributed by atoms with E-state index in [1.165, 1.54) is 0 Å². The zero-order valence-electron chi connectivity index (χ0n) is 13.1. The summed E-state index contributed by atoms with van der Waals surface area (Å²) in [6.07, 6.45) is 0.755. The Morgan fingerprint density at radius 2 is 1.79 bits per heavy atom. The average molecular weight is 326 g/mol. The van der Waals surface area contributed by atoms with Gasteiger partial charge in [0, 0.05) is 11.8 Å². The maximum absolute atomic E-state index is 12.2. The molecule has 0 spiro atoms. The number of nitrogens with one attached hydrogen (secondary N) is 2. The molecule has 4 rings (SSSR count). The largest absolute Gasteiger partial charge is 0.491 e. The van der Waals surface area contributed by atoms with Crippen LogP contribution in [-0.4, -0.2) is 31.9 Å². The van der Waals surface area contributed by atoms with Crippen LogP contribution in [0.4, 0.5) is 10.5 Å². The summed E-state index contributed by atoms with van der Waals surface area (Å²) in [5, 5.41) is 5.76. The van der Waals surface area contributed by atoms with E-state index in [9.17, 15) is 4.79 Å². The number of para-hydroxylation sites is 1. The number of ether oxygens (including phenoxy) is 3. The quantitative estimate of drug-likeness (QED) is 0.890. The number of hydrogen-bond donors (Lipinski definition) is 2. The van der Waals surface area contributed by atoms with E-state index >= 15 is 0 Å². The zero-order valence-corrected chi connectivity index (χ0v) is 13.1. The standard InChI is InChI=1S/C18H18N2O4/c21-18(19-13-5-6-16-17(10-13)23-8-7-22-16)20-14-9-12-3-1-2-4-15(12)24-11-14/h1-6,10,14H,7-9,11H2,(H2,19,20,21)/t14-/m0/s1. The molecule has 2 aromatic carbocycles. The third-order valence-corrected chi connectivity index (χ3v) is 4.01. The van der Waals surface area contributed by atoms with Crippen molar-refractivity contribution in [2.24, 2.45) is 0 Å². The van der Waals surface area contributed by atoms with Crippen LogP contribution >= 0.6 is 0 Å². The van der Waals surface area contributed by atoms with Gasteiger partial charge in [0.15, 0.2) is 11.5 Å². The minimum absolute atomic E-state index is 0.0582. The molecular weight excluding hydrogens is 308 g/mol. The highest BCUT2D eigenvalue weighted by atomic mass is 16.6. The van der Waals surface area contributed by atoms with Crippen LogP contribution in [0.3, 0.4) is 0 Å². The van der Waals surface area contributed by atoms with Crippen LogP contribution in [-0.2, 0) is 6.42 Å². The summed E-state index contributed by atoms with van der Waals surface area (Å²) in [6, 6.07) is 12.9. The Morgan fingerprint density at radius 1 is 0.958 bits per heavy atom. The van der Waals surface area contributed by atoms with E-state index in [4.69, 9.17) is 14.2 Å². The van der Waals surface area contributed by atoms with Crippen LogP contribution < -0.4 is 24.8 Å². The fraction of sp³-hybridized carbons (Fsp3) is 0.278. The molecule has 0 saturated carbocycles. The van der Waals surface area contributed by atoms with Gasteiger partial charge in [-0.05, 0) is 30.2 Å². The van der Waals surface area contributed by atoms with E-state index in [2.05, 4.69) is 10.6 Å². The molecule has 6 heteroatoms. The molecule has 0 saturated heterocycles. The second-order valence-corrected chi connectivity index (χ2v) is 5.78. The Labute approximate surface area is 139 Å². The van der Waals surface area contributed by atoms with Gasteiger partial charge in [-0.25, -0.2) is 4.79 Å². The zero-order chi connectivity index (χ0) is 16.4. The number of carbonyl (C=O) groups is 1. The third-order valence-electron chi connectivity index (χ3n) is 4.01. The Kier molecular flexibility index (Phi) is 3.86. The number of fused-ring (bicyclic) bond motifs is 2. The second kappa shape index (κ2) is 6.31. The lowest BCUT2D eigenvalue weighted by atomic mass is 10.0. The first-order chi connectivity index (χ1) is 11.8. The van der Waals surface area contributed by atoms with Crippen molar-refractivity contribution in [1.82, 2.24) is 5.32 Å². The van der Waals surface area contributed by atoms with Crippen LogP contribution in [0.5, 0.6) is 17.2 Å². The Morgan fingerprint density at radius 3 is 2.71 bits per heavy atom. The predicted octanol–water partition coefficient (Wildman–Crippen LogP) is 2.58. The van der Waals surface area contributed by atoms with Gasteiger partial charge < -0.3 is 24.8 Å². The van der Waals surface area contributed by atoms with Crippen molar-refractivity contribution in [3.63, 3.8) is 0 Å². The van der Waals surface area contributed by atoms with Gasteiger partial charge in [-0.2, -0.15) is 0 Å². The molecule has 2 aromatic rings. The van der Waals surface area contributed by atoms with Crippen molar-refractivity contribution in [2.45, 2.75) is 12.5 Å². The van der Waals surface area contributed by atoms with Gasteiger partial charge in [0.2, 0.25) is 0 Å². The van der Waals surface area contributed by atoms with Gasteiger partial charge in [0.25, 0.3) is 0 Å². The van der Waals surface area contributed by atoms with Gasteiger partial charge in [0.1, 0.15) is 25.6 Å². The van der Waals surface area contributed by atoms with Crippen LogP contribution in [0.2, 0.25) is 0 Å². The minimum atomic E-state index is -0.264. The molecule has 6 nitrogen and oxygen atoms in total. The molecular formula is C18H18N2O4. The highest BCUT2D eigenvalue weighted by Gasteiger charge is 2.21. The van der Waals surface area contributed by atoms with Crippen molar-refractivity contribution in [1.29, 1.82) is 0 Å². The number of amides is 2. The highest BCUT2D eigenvalue weighted by Crippen LogP contribution is 2.32. The molecule has 2 heterocycles. The maximum Gasteiger partial charge on any atom is 0.319 e. The molecule has 0 bridgehead atoms. The van der Waals surface area contributed by atoms with Crippen LogP contribution in [0.25, 0.3) is 0 Å². The van der Waals surface area contributed by atoms with E-state index in [0.717, 1.165) is 17.7 Å². The summed E-state index contributed by atoms with van der Waals surface area (Å²) >= 11 is 0. The molecule has 0 unspecified atom stereocenters. The van der Waals surface area contributed by atoms with Crippen molar-refractivity contribution in [3.8, 4) is 17.2 Å². The van der Waals surface area contributed by atoms with Crippen molar-refractivity contribution in [2.75, 3.05) is 25.1 Å². The molecule has 24 heavy (non-hydrogen) atoms. The van der Waals surface area contributed by atoms with Crippen molar-refractivity contribution in [3.05, 3.63) is 48.0 Å². The molecule has 0 aromatic heterocycles. The maximum atomic E-state index is 12.2. The van der Waals surface area contributed by atoms with Gasteiger partial charge in [0.05, 0.1) is 6.04 Å². The highest BCUT2D eigenvalue weighted by molar-refractivity contribution is 5.90. The SMILES string of the molecule is O=C(Nc1ccc2c(c1)OCCO2)N[C@@H]1COc2ccccc2C1. The van der Waals surface area contributed by atoms with Crippen LogP contribution in [0.15, 0.2) is 42.5 Å². The Balaban J connectivity index is 1.37. The van der Waals surface area contributed by atoms with Gasteiger partial charge in [-0.1, -0.05) is 18.2 Å². The van der Waals surface area contributed by atoms with Crippen molar-refractivity contribution < 1.29 is 19.0 Å². The monoisotopic (exact) mass is 326 g/mol. The van der Waals surface area contributed by atoms with Crippen LogP contribution in [0, 0.1) is 0 Å². The first-order valence-corrected chi connectivity index (χ1v) is 7.96. The summed E-state index contributed by atoms with van der Waals surface area (Å²) in [6.45, 7) is 1.52. The lowest BCUT2D eigenvalue weighted by Crippen LogP contribution is -2.44. The van der Waals surface area contributed by atoms with Crippen LogP contribution in [0.1, 0.15) is 5.56 Å². The number of carbonyl (C=O) groups excluding carboxylic acids is 1. The summed E-state index contributed by atoms with van der Waals surface area (Å²) in [5.74, 6) is 2.24. The molecule has 0 aliphatic carbocycles. The predicted molar refractivity (Wildman–Crippen MR) is 89.0 cm³/mol. The molecule has 0 radical (unpaired) electrons. The van der Waals surface area contributed by atoms with E-state index in [-0.39, 0.29) is 12.1 Å². The molecule has 1 atom stereocenters. The number of anilines is 1. The lowest BCUT2D eigenvalue weighted by Gasteiger charge is -2.26. The summed E-state index contributed by atoms with van der Waals surface area (Å²) in [5.41, 5.74) is 1.77. The number of rotatable bonds is 2. The number of benzene rings is 2. The fourth-order valence-electron chi connectivity index (χ4n) is 2.89. The second-order valence-electron chi connectivity index (χ2n) is 5.78. The molecule has 2 N–H and O–H groups in total. The summed E-state index contributed by atoms with van der Waals surface area (Å²) < 4.78 is 16.7. The van der Waals surface area contributed by atoms with E-state index in [1.54, 1.807) is 18.2 Å². The van der Waals surface area contributed by atoms with E-state index in [0.29, 0.717) is 37.0 Å². The molecule has 124 valence electrons. The van der Waals surface area contributed by atoms with Gasteiger partial charge >= 0.3 is 6.03 Å². The normalized spacial score (nSPS) is 18.1. The smallest absolute Gasteiger partial charge is 0.319 e. The van der Waals surface area contributed by atoms with Crippen molar-refractivity contribution >= 4 is 11.7 Å². The molecule has 0 fully saturated rings. The fourth-order valence-corrected chi connectivity index (χ4v) is 2.89. The topological polar surface area (TPSA) is 68.8 Å².